The molecule has 24 nitrogen and oxygen atoms in total. The molecular formula is C82H113ClN6O18S. The summed E-state index contributed by atoms with van der Waals surface area (Å²) in [4.78, 5) is 130. The molecule has 5 atom stereocenters. The van der Waals surface area contributed by atoms with Gasteiger partial charge in [-0.15, -0.1) is 0 Å². The maximum atomic E-state index is 12.2. The van der Waals surface area contributed by atoms with Crippen molar-refractivity contribution in [2.45, 2.75) is 198 Å². The number of nitrogens with one attached hydrogen (secondary N) is 5. The van der Waals surface area contributed by atoms with Crippen LogP contribution in [-0.4, -0.2) is 133 Å². The van der Waals surface area contributed by atoms with Gasteiger partial charge in [-0.05, 0) is 130 Å². The molecule has 1 aromatic heterocycles. The van der Waals surface area contributed by atoms with Gasteiger partial charge in [0.05, 0.1) is 70.1 Å². The van der Waals surface area contributed by atoms with E-state index in [9.17, 15) is 63.2 Å². The molecule has 0 spiro atoms. The van der Waals surface area contributed by atoms with E-state index in [0.717, 1.165) is 27.5 Å². The van der Waals surface area contributed by atoms with Crippen LogP contribution in [0.1, 0.15) is 164 Å². The number of fused-ring (bicyclic) bond motifs is 1. The zero-order chi connectivity index (χ0) is 80.8. The van der Waals surface area contributed by atoms with Gasteiger partial charge in [0.1, 0.15) is 36.0 Å². The molecule has 0 radical (unpaired) electrons. The monoisotopic (exact) mass is 1540 g/mol. The average molecular weight is 1540 g/mol. The molecule has 0 aliphatic carbocycles. The number of ether oxygens (including phenoxy) is 5. The number of non-ortho nitro benzene ring substituents is 1. The molecule has 1 heterocycles. The minimum absolute atomic E-state index is 0.0284. The number of aromatic hydroxyl groups is 1. The minimum atomic E-state index is -0.708. The highest BCUT2D eigenvalue weighted by Crippen LogP contribution is 2.19. The Morgan fingerprint density at radius 1 is 0.398 bits per heavy atom. The zero-order valence-corrected chi connectivity index (χ0v) is 66.8. The number of carbonyl (C=O) groups excluding carboxylic acids is 10. The molecule has 0 fully saturated rings. The lowest BCUT2D eigenvalue weighted by Gasteiger charge is -2.17. The van der Waals surface area contributed by atoms with Crippen LogP contribution in [0.25, 0.3) is 10.8 Å². The maximum Gasteiger partial charge on any atom is 0.328 e. The second-order valence-corrected chi connectivity index (χ2v) is 28.9. The quantitative estimate of drug-likeness (QED) is 0.00921. The van der Waals surface area contributed by atoms with Crippen LogP contribution in [-0.2, 0) is 104 Å². The topological polar surface area (TPSA) is 340 Å². The van der Waals surface area contributed by atoms with Gasteiger partial charge in [0.25, 0.3) is 5.69 Å². The number of carbonyl (C=O) groups is 10. The van der Waals surface area contributed by atoms with E-state index in [2.05, 4.69) is 26.6 Å². The Morgan fingerprint density at radius 3 is 1.08 bits per heavy atom. The summed E-state index contributed by atoms with van der Waals surface area (Å²) < 4.78 is 25.7. The van der Waals surface area contributed by atoms with Gasteiger partial charge < -0.3 is 55.4 Å². The van der Waals surface area contributed by atoms with E-state index < -0.39 is 47.1 Å². The summed E-state index contributed by atoms with van der Waals surface area (Å²) >= 11 is 7.35. The van der Waals surface area contributed by atoms with E-state index in [1.807, 2.05) is 156 Å². The van der Waals surface area contributed by atoms with Crippen molar-refractivity contribution in [3.63, 3.8) is 0 Å². The molecule has 26 heteroatoms. The molecular weight excluding hydrogens is 1420 g/mol. The predicted octanol–water partition coefficient (Wildman–Crippen LogP) is 13.1. The third kappa shape index (κ3) is 40.3. The number of amides is 5. The van der Waals surface area contributed by atoms with Crippen molar-refractivity contribution in [3.05, 3.63) is 175 Å². The molecule has 108 heavy (non-hydrogen) atoms. The van der Waals surface area contributed by atoms with Crippen molar-refractivity contribution in [2.75, 3.05) is 33.0 Å². The van der Waals surface area contributed by atoms with Crippen molar-refractivity contribution in [1.29, 1.82) is 0 Å². The standard InChI is InChI=1S/C20H25NO3.C16H22ClNO3.C16H22N2O5.C16H23NO4.C14H21NO3S/c1-4-18(20(23)24-13-14(2)3)21-19(22)12-15-9-10-16-7-5-6-8-17(16)11-15;1-4-14(16(20)21-10-11(2)3)18-15(19)9-12-5-7-13(17)8-6-12;1-4-14(16(20)23-10-11(2)3)17-15(19)9-12-6-5-7-13(8-12)18(21)22;1-4-13(16(20)21-10-11(2)3)17-15(19)9-12-7-5-6-8-14(12)18;1-4-12(14(17)18-8-10(2)3)15-13(16)7-11-5-6-19-9-11/h5-11,14,18H,4,12-13H2,1-3H3,(H,21,22);5-8,11,14H,4,9-10H2,1-3H3,(H,18,19);5-8,11,14H,4,9-10H2,1-3H3,(H,17,19);5-8,11,13,18H,4,9-10H2,1-3H3,(H,17,19);5-6,9-10,12H,4,7-8H2,1-3H3,(H,15,16). The Bertz CT molecular complexity index is 3750. The molecule has 5 aromatic carbocycles. The Labute approximate surface area is 645 Å². The zero-order valence-electron chi connectivity index (χ0n) is 65.2. The maximum absolute atomic E-state index is 12.2. The number of rotatable bonds is 36. The summed E-state index contributed by atoms with van der Waals surface area (Å²) in [5, 5.41) is 40.5. The summed E-state index contributed by atoms with van der Waals surface area (Å²) in [6, 6.07) is 32.3. The fourth-order valence-electron chi connectivity index (χ4n) is 9.31. The smallest absolute Gasteiger partial charge is 0.328 e. The van der Waals surface area contributed by atoms with Gasteiger partial charge in [-0.2, -0.15) is 11.3 Å². The summed E-state index contributed by atoms with van der Waals surface area (Å²) in [7, 11) is 0. The first kappa shape index (κ1) is 94.3. The lowest BCUT2D eigenvalue weighted by molar-refractivity contribution is -0.384. The SMILES string of the molecule is CCC(NC(=O)Cc1ccc(Cl)cc1)C(=O)OCC(C)C.CCC(NC(=O)Cc1ccc2ccccc2c1)C(=O)OCC(C)C.CCC(NC(=O)Cc1cccc([N+](=O)[O-])c1)C(=O)OCC(C)C.CCC(NC(=O)Cc1ccccc1O)C(=O)OCC(C)C.CCC(NC(=O)Cc1ccsc1)C(=O)OCC(C)C. The summed E-state index contributed by atoms with van der Waals surface area (Å²) in [5.41, 5.74) is 3.72. The predicted molar refractivity (Wildman–Crippen MR) is 420 cm³/mol. The average Bonchev–Trinajstić information content (AvgIpc) is 0.978. The molecule has 0 saturated carbocycles. The van der Waals surface area contributed by atoms with Crippen LogP contribution in [0.3, 0.4) is 0 Å². The van der Waals surface area contributed by atoms with Gasteiger partial charge in [-0.3, -0.25) is 34.1 Å². The number of nitro groups is 1. The van der Waals surface area contributed by atoms with Crippen LogP contribution in [0, 0.1) is 39.7 Å². The Kier molecular flexibility index (Phi) is 45.7. The van der Waals surface area contributed by atoms with Crippen molar-refractivity contribution in [2.24, 2.45) is 29.6 Å². The van der Waals surface area contributed by atoms with E-state index in [1.54, 1.807) is 66.8 Å². The second kappa shape index (κ2) is 52.3. The summed E-state index contributed by atoms with van der Waals surface area (Å²) in [6.45, 7) is 30.5. The fourth-order valence-corrected chi connectivity index (χ4v) is 10.1. The van der Waals surface area contributed by atoms with E-state index >= 15 is 0 Å². The molecule has 6 N–H and O–H groups in total. The molecule has 0 aliphatic rings. The highest BCUT2D eigenvalue weighted by Gasteiger charge is 2.26. The summed E-state index contributed by atoms with van der Waals surface area (Å²) in [5.74, 6) is -1.80. The minimum Gasteiger partial charge on any atom is -0.508 e. The third-order valence-corrected chi connectivity index (χ3v) is 16.1. The van der Waals surface area contributed by atoms with Crippen LogP contribution >= 0.6 is 22.9 Å². The van der Waals surface area contributed by atoms with Crippen LogP contribution in [0.15, 0.2) is 132 Å². The number of esters is 5. The number of hydrogen-bond acceptors (Lipinski definition) is 19. The van der Waals surface area contributed by atoms with Crippen LogP contribution < -0.4 is 26.6 Å². The Balaban J connectivity index is 0.000000459. The second-order valence-electron chi connectivity index (χ2n) is 27.6. The summed E-state index contributed by atoms with van der Waals surface area (Å²) in [6.07, 6.45) is 3.19. The third-order valence-electron chi connectivity index (χ3n) is 15.2. The van der Waals surface area contributed by atoms with E-state index in [0.29, 0.717) is 93.6 Å². The first-order chi connectivity index (χ1) is 51.2. The number of hydrogen-bond donors (Lipinski definition) is 6. The molecule has 5 unspecified atom stereocenters. The van der Waals surface area contributed by atoms with Crippen LogP contribution in [0.2, 0.25) is 5.02 Å². The van der Waals surface area contributed by atoms with Crippen molar-refractivity contribution in [1.82, 2.24) is 26.6 Å². The lowest BCUT2D eigenvalue weighted by atomic mass is 10.0. The number of benzene rings is 5. The van der Waals surface area contributed by atoms with Crippen LogP contribution in [0.4, 0.5) is 5.69 Å². The largest absolute Gasteiger partial charge is 0.508 e. The van der Waals surface area contributed by atoms with E-state index in [-0.39, 0.29) is 108 Å². The van der Waals surface area contributed by atoms with Gasteiger partial charge in [-0.1, -0.05) is 200 Å². The number of para-hydroxylation sites is 1. The highest BCUT2D eigenvalue weighted by atomic mass is 35.5. The lowest BCUT2D eigenvalue weighted by Crippen LogP contribution is -2.42. The van der Waals surface area contributed by atoms with Crippen molar-refractivity contribution in [3.8, 4) is 5.75 Å². The van der Waals surface area contributed by atoms with Gasteiger partial charge in [-0.25, -0.2) is 24.0 Å². The molecule has 6 aromatic rings. The molecule has 0 saturated heterocycles. The molecule has 6 rings (SSSR count). The van der Waals surface area contributed by atoms with Crippen molar-refractivity contribution >= 4 is 98.8 Å². The molecule has 0 bridgehead atoms. The van der Waals surface area contributed by atoms with Gasteiger partial charge in [0.2, 0.25) is 29.5 Å². The highest BCUT2D eigenvalue weighted by molar-refractivity contribution is 7.08. The van der Waals surface area contributed by atoms with E-state index in [4.69, 9.17) is 35.3 Å². The number of phenolic OH excluding ortho intramolecular Hbond substituents is 1. The van der Waals surface area contributed by atoms with Gasteiger partial charge >= 0.3 is 29.8 Å². The van der Waals surface area contributed by atoms with Crippen molar-refractivity contribution < 1.29 is 81.7 Å². The fraction of sp³-hybridized carbons (Fsp3) is 0.488. The number of nitrogens with zero attached hydrogens (tertiary/aromatic N) is 1. The first-order valence-corrected chi connectivity index (χ1v) is 38.1. The number of phenols is 1. The van der Waals surface area contributed by atoms with Gasteiger partial charge in [0, 0.05) is 22.7 Å². The van der Waals surface area contributed by atoms with E-state index in [1.165, 1.54) is 24.3 Å². The van der Waals surface area contributed by atoms with Crippen LogP contribution in [0.5, 0.6) is 5.75 Å². The number of nitro benzene ring substituents is 1. The number of thiophene rings is 1. The number of halogens is 1. The molecule has 5 amide bonds. The Morgan fingerprint density at radius 2 is 0.731 bits per heavy atom. The first-order valence-electron chi connectivity index (χ1n) is 36.7. The normalized spacial score (nSPS) is 12.0. The molecule has 592 valence electrons. The van der Waals surface area contributed by atoms with Gasteiger partial charge in [0.15, 0.2) is 0 Å². The molecule has 0 aliphatic heterocycles. The Hall–Kier alpha value is -9.75.